The van der Waals surface area contributed by atoms with E-state index in [0.717, 1.165) is 11.3 Å². The molecule has 1 aromatic carbocycles. The maximum absolute atomic E-state index is 12.4. The normalized spacial score (nSPS) is 12.3. The van der Waals surface area contributed by atoms with Crippen LogP contribution >= 0.6 is 0 Å². The van der Waals surface area contributed by atoms with Gasteiger partial charge in [-0.3, -0.25) is 0 Å². The van der Waals surface area contributed by atoms with Crippen LogP contribution in [0.2, 0.25) is 0 Å². The van der Waals surface area contributed by atoms with Crippen molar-refractivity contribution >= 4 is 11.7 Å². The summed E-state index contributed by atoms with van der Waals surface area (Å²) in [5.74, 6) is 0.406. The van der Waals surface area contributed by atoms with Crippen LogP contribution in [0, 0.1) is 5.92 Å². The van der Waals surface area contributed by atoms with Crippen molar-refractivity contribution in [2.45, 2.75) is 26.8 Å². The molecule has 0 spiro atoms. The largest absolute Gasteiger partial charge is 0.383 e. The second-order valence-corrected chi connectivity index (χ2v) is 5.68. The van der Waals surface area contributed by atoms with Crippen LogP contribution in [0.3, 0.4) is 0 Å². The molecule has 118 valence electrons. The molecule has 21 heavy (non-hydrogen) atoms. The Kier molecular flexibility index (Phi) is 7.19. The van der Waals surface area contributed by atoms with Gasteiger partial charge in [-0.2, -0.15) is 0 Å². The van der Waals surface area contributed by atoms with E-state index in [4.69, 9.17) is 10.5 Å². The number of amides is 2. The summed E-state index contributed by atoms with van der Waals surface area (Å²) >= 11 is 0. The van der Waals surface area contributed by atoms with Gasteiger partial charge in [0.2, 0.25) is 0 Å². The molecule has 0 saturated carbocycles. The number of benzene rings is 1. The highest BCUT2D eigenvalue weighted by Gasteiger charge is 2.15. The van der Waals surface area contributed by atoms with Gasteiger partial charge >= 0.3 is 6.03 Å². The van der Waals surface area contributed by atoms with Crippen LogP contribution in [0.15, 0.2) is 24.3 Å². The van der Waals surface area contributed by atoms with Gasteiger partial charge in [0.05, 0.1) is 6.61 Å². The van der Waals surface area contributed by atoms with Gasteiger partial charge in [0, 0.05) is 31.9 Å². The fourth-order valence-electron chi connectivity index (χ4n) is 2.02. The Morgan fingerprint density at radius 3 is 2.67 bits per heavy atom. The monoisotopic (exact) mass is 293 g/mol. The Morgan fingerprint density at radius 1 is 1.38 bits per heavy atom. The van der Waals surface area contributed by atoms with Crippen molar-refractivity contribution < 1.29 is 9.53 Å². The zero-order valence-electron chi connectivity index (χ0n) is 13.4. The summed E-state index contributed by atoms with van der Waals surface area (Å²) < 4.78 is 5.07. The van der Waals surface area contributed by atoms with Crippen molar-refractivity contribution in [3.63, 3.8) is 0 Å². The molecule has 0 aliphatic carbocycles. The molecule has 5 nitrogen and oxygen atoms in total. The average Bonchev–Trinajstić information content (AvgIpc) is 2.43. The fourth-order valence-corrected chi connectivity index (χ4v) is 2.02. The Labute approximate surface area is 127 Å². The number of hydrogen-bond donors (Lipinski definition) is 2. The molecule has 0 fully saturated rings. The van der Waals surface area contributed by atoms with E-state index in [2.05, 4.69) is 19.2 Å². The first-order valence-corrected chi connectivity index (χ1v) is 7.34. The molecule has 0 saturated heterocycles. The van der Waals surface area contributed by atoms with Gasteiger partial charge < -0.3 is 20.7 Å². The molecule has 1 atom stereocenters. The summed E-state index contributed by atoms with van der Waals surface area (Å²) in [5, 5.41) is 2.93. The molecule has 1 aromatic rings. The Hall–Kier alpha value is -1.59. The quantitative estimate of drug-likeness (QED) is 0.812. The predicted octanol–water partition coefficient (Wildman–Crippen LogP) is 2.84. The maximum Gasteiger partial charge on any atom is 0.321 e. The lowest BCUT2D eigenvalue weighted by Gasteiger charge is -2.24. The van der Waals surface area contributed by atoms with Gasteiger partial charge in [-0.1, -0.05) is 26.0 Å². The van der Waals surface area contributed by atoms with Gasteiger partial charge in [-0.15, -0.1) is 0 Å². The van der Waals surface area contributed by atoms with Crippen molar-refractivity contribution in [3.05, 3.63) is 29.8 Å². The summed E-state index contributed by atoms with van der Waals surface area (Å²) in [5.41, 5.74) is 7.63. The van der Waals surface area contributed by atoms with Crippen LogP contribution in [0.25, 0.3) is 0 Å². The van der Waals surface area contributed by atoms with Crippen molar-refractivity contribution in [2.75, 3.05) is 32.1 Å². The second kappa shape index (κ2) is 8.64. The highest BCUT2D eigenvalue weighted by molar-refractivity contribution is 5.89. The second-order valence-electron chi connectivity index (χ2n) is 5.68. The first kappa shape index (κ1) is 17.5. The van der Waals surface area contributed by atoms with Crippen LogP contribution in [0.1, 0.15) is 32.4 Å². The van der Waals surface area contributed by atoms with E-state index in [-0.39, 0.29) is 12.1 Å². The van der Waals surface area contributed by atoms with Gasteiger partial charge in [0.25, 0.3) is 0 Å². The molecule has 0 aliphatic rings. The molecule has 0 bridgehead atoms. The third kappa shape index (κ3) is 6.14. The molecule has 3 N–H and O–H groups in total. The van der Waals surface area contributed by atoms with Gasteiger partial charge in [0.15, 0.2) is 0 Å². The fraction of sp³-hybridized carbons (Fsp3) is 0.562. The number of hydrogen-bond acceptors (Lipinski definition) is 3. The molecule has 2 amide bonds. The Balaban J connectivity index is 2.73. The smallest absolute Gasteiger partial charge is 0.321 e. The highest BCUT2D eigenvalue weighted by atomic mass is 16.5. The summed E-state index contributed by atoms with van der Waals surface area (Å²) in [7, 11) is 1.64. The lowest BCUT2D eigenvalue weighted by molar-refractivity contribution is 0.150. The predicted molar refractivity (Wildman–Crippen MR) is 86.4 cm³/mol. The molecule has 5 heteroatoms. The van der Waals surface area contributed by atoms with E-state index in [1.165, 1.54) is 0 Å². The number of carbonyl (C=O) groups excluding carboxylic acids is 1. The molecule has 1 unspecified atom stereocenters. The van der Waals surface area contributed by atoms with E-state index in [9.17, 15) is 4.79 Å². The Morgan fingerprint density at radius 2 is 2.10 bits per heavy atom. The van der Waals surface area contributed by atoms with E-state index in [0.29, 0.717) is 25.6 Å². The molecule has 1 rings (SSSR count). The number of nitrogens with two attached hydrogens (primary N) is 1. The third-order valence-corrected chi connectivity index (χ3v) is 3.10. The SMILES string of the molecule is COCCN(CC(C)C)C(=O)Nc1cccc(C(C)N)c1. The van der Waals surface area contributed by atoms with E-state index < -0.39 is 0 Å². The lowest BCUT2D eigenvalue weighted by Crippen LogP contribution is -2.39. The molecule has 0 aromatic heterocycles. The van der Waals surface area contributed by atoms with Crippen molar-refractivity contribution in [1.82, 2.24) is 4.90 Å². The van der Waals surface area contributed by atoms with Crippen molar-refractivity contribution in [1.29, 1.82) is 0 Å². The highest BCUT2D eigenvalue weighted by Crippen LogP contribution is 2.16. The lowest BCUT2D eigenvalue weighted by atomic mass is 10.1. The van der Waals surface area contributed by atoms with Crippen LogP contribution in [-0.2, 0) is 4.74 Å². The van der Waals surface area contributed by atoms with Crippen molar-refractivity contribution in [2.24, 2.45) is 11.7 Å². The number of carbonyl (C=O) groups is 1. The zero-order chi connectivity index (χ0) is 15.8. The molecule has 0 aliphatic heterocycles. The van der Waals surface area contributed by atoms with E-state index in [1.807, 2.05) is 31.2 Å². The molecule has 0 heterocycles. The number of urea groups is 1. The first-order valence-electron chi connectivity index (χ1n) is 7.34. The number of nitrogens with zero attached hydrogens (tertiary/aromatic N) is 1. The minimum absolute atomic E-state index is 0.0536. The zero-order valence-corrected chi connectivity index (χ0v) is 13.4. The summed E-state index contributed by atoms with van der Waals surface area (Å²) in [4.78, 5) is 14.1. The van der Waals surface area contributed by atoms with Gasteiger partial charge in [0.1, 0.15) is 0 Å². The first-order chi connectivity index (χ1) is 9.93. The van der Waals surface area contributed by atoms with Crippen LogP contribution in [-0.4, -0.2) is 37.7 Å². The van der Waals surface area contributed by atoms with Crippen LogP contribution in [0.4, 0.5) is 10.5 Å². The number of methoxy groups -OCH3 is 1. The average molecular weight is 293 g/mol. The number of nitrogens with one attached hydrogen (secondary N) is 1. The minimum atomic E-state index is -0.109. The van der Waals surface area contributed by atoms with Gasteiger partial charge in [-0.25, -0.2) is 4.79 Å². The topological polar surface area (TPSA) is 67.6 Å². The Bertz CT molecular complexity index is 447. The van der Waals surface area contributed by atoms with Gasteiger partial charge in [-0.05, 0) is 30.5 Å². The number of ether oxygens (including phenoxy) is 1. The number of rotatable bonds is 7. The summed E-state index contributed by atoms with van der Waals surface area (Å²) in [6, 6.07) is 7.47. The van der Waals surface area contributed by atoms with Crippen LogP contribution in [0.5, 0.6) is 0 Å². The molecule has 0 radical (unpaired) electrons. The third-order valence-electron chi connectivity index (χ3n) is 3.10. The summed E-state index contributed by atoms with van der Waals surface area (Å²) in [6.07, 6.45) is 0. The van der Waals surface area contributed by atoms with Crippen molar-refractivity contribution in [3.8, 4) is 0 Å². The minimum Gasteiger partial charge on any atom is -0.383 e. The maximum atomic E-state index is 12.4. The van der Waals surface area contributed by atoms with E-state index in [1.54, 1.807) is 12.0 Å². The number of anilines is 1. The van der Waals surface area contributed by atoms with E-state index >= 15 is 0 Å². The molecular formula is C16H27N3O2. The summed E-state index contributed by atoms with van der Waals surface area (Å²) in [6.45, 7) is 7.90. The molecular weight excluding hydrogens is 266 g/mol. The van der Waals surface area contributed by atoms with Crippen LogP contribution < -0.4 is 11.1 Å². The standard InChI is InChI=1S/C16H27N3O2/c1-12(2)11-19(8-9-21-4)16(20)18-15-7-5-6-14(10-15)13(3)17/h5-7,10,12-13H,8-9,11,17H2,1-4H3,(H,18,20).